The van der Waals surface area contributed by atoms with Gasteiger partial charge in [-0.25, -0.2) is 0 Å². The summed E-state index contributed by atoms with van der Waals surface area (Å²) in [5.41, 5.74) is 9.16. The van der Waals surface area contributed by atoms with E-state index < -0.39 is 0 Å². The van der Waals surface area contributed by atoms with E-state index in [1.807, 2.05) is 11.3 Å². The fourth-order valence-corrected chi connectivity index (χ4v) is 6.24. The SMILES string of the molecule is C=[N+]1C=C(C)C(C(C)C)=C[C-]1c1c(C)ccc2c3cc(-c4ccccc4)cc(C)c3[s+][c-]12. The van der Waals surface area contributed by atoms with Crippen LogP contribution in [0, 0.1) is 25.8 Å². The Hall–Kier alpha value is -3.10. The van der Waals surface area contributed by atoms with Crippen LogP contribution < -0.4 is 0 Å². The molecule has 0 fully saturated rings. The Morgan fingerprint density at radius 1 is 0.906 bits per heavy atom. The molecular weight excluding hydrogens is 406 g/mol. The average molecular weight is 436 g/mol. The number of nitrogens with zero attached hydrogens (tertiary/aromatic N) is 1. The summed E-state index contributed by atoms with van der Waals surface area (Å²) in [5.74, 6) is 0.479. The lowest BCUT2D eigenvalue weighted by Gasteiger charge is -2.31. The second kappa shape index (κ2) is 7.79. The molecule has 1 nitrogen and oxygen atoms in total. The first-order valence-electron chi connectivity index (χ1n) is 11.2. The molecule has 0 spiro atoms. The Labute approximate surface area is 195 Å². The summed E-state index contributed by atoms with van der Waals surface area (Å²) < 4.78 is 4.78. The van der Waals surface area contributed by atoms with Crippen LogP contribution in [0.15, 0.2) is 78.0 Å². The smallest absolute Gasteiger partial charge is 0.227 e. The molecule has 0 saturated heterocycles. The number of hydrogen-bond donors (Lipinski definition) is 0. The molecule has 0 atom stereocenters. The average Bonchev–Trinajstić information content (AvgIpc) is 3.14. The molecule has 1 aliphatic heterocycles. The fourth-order valence-electron chi connectivity index (χ4n) is 4.89. The van der Waals surface area contributed by atoms with Crippen LogP contribution in [0.2, 0.25) is 0 Å². The van der Waals surface area contributed by atoms with Crippen molar-refractivity contribution in [3.05, 3.63) is 101 Å². The third-order valence-electron chi connectivity index (χ3n) is 6.53. The second-order valence-electron chi connectivity index (χ2n) is 9.19. The van der Waals surface area contributed by atoms with Crippen molar-refractivity contribution in [3.63, 3.8) is 0 Å². The summed E-state index contributed by atoms with van der Waals surface area (Å²) in [6, 6.07) is 21.1. The maximum Gasteiger partial charge on any atom is 0.227 e. The van der Waals surface area contributed by atoms with Crippen molar-refractivity contribution >= 4 is 38.2 Å². The molecule has 1 aromatic heterocycles. The Bertz CT molecular complexity index is 1430. The lowest BCUT2D eigenvalue weighted by molar-refractivity contribution is -0.418. The molecular formula is C30H29NS. The minimum absolute atomic E-state index is 0.479. The summed E-state index contributed by atoms with van der Waals surface area (Å²) in [4.78, 5) is 0. The van der Waals surface area contributed by atoms with E-state index in [0.717, 1.165) is 0 Å². The molecule has 3 aromatic carbocycles. The summed E-state index contributed by atoms with van der Waals surface area (Å²) in [6.07, 6.45) is 4.52. The van der Waals surface area contributed by atoms with Gasteiger partial charge in [-0.15, -0.1) is 23.3 Å². The molecule has 0 N–H and O–H groups in total. The Balaban J connectivity index is 1.77. The maximum absolute atomic E-state index is 4.35. The van der Waals surface area contributed by atoms with Gasteiger partial charge in [0.1, 0.15) is 4.70 Å². The quantitative estimate of drug-likeness (QED) is 0.172. The van der Waals surface area contributed by atoms with Gasteiger partial charge in [0.2, 0.25) is 4.70 Å². The van der Waals surface area contributed by atoms with E-state index in [1.54, 1.807) is 0 Å². The van der Waals surface area contributed by atoms with E-state index in [4.69, 9.17) is 0 Å². The van der Waals surface area contributed by atoms with E-state index >= 15 is 0 Å². The van der Waals surface area contributed by atoms with Crippen molar-refractivity contribution < 1.29 is 4.58 Å². The van der Waals surface area contributed by atoms with Gasteiger partial charge < -0.3 is 4.58 Å². The van der Waals surface area contributed by atoms with E-state index in [0.29, 0.717) is 5.92 Å². The molecule has 0 amide bonds. The van der Waals surface area contributed by atoms with Crippen LogP contribution in [0.5, 0.6) is 0 Å². The zero-order valence-electron chi connectivity index (χ0n) is 19.5. The monoisotopic (exact) mass is 435 g/mol. The maximum atomic E-state index is 4.35. The molecule has 32 heavy (non-hydrogen) atoms. The summed E-state index contributed by atoms with van der Waals surface area (Å²) in [6.45, 7) is 15.5. The fraction of sp³-hybridized carbons (Fsp3) is 0.200. The van der Waals surface area contributed by atoms with Gasteiger partial charge in [-0.1, -0.05) is 81.1 Å². The highest BCUT2D eigenvalue weighted by molar-refractivity contribution is 7.26. The first-order chi connectivity index (χ1) is 15.3. The van der Waals surface area contributed by atoms with Crippen LogP contribution >= 0.6 is 11.3 Å². The zero-order chi connectivity index (χ0) is 22.6. The molecule has 160 valence electrons. The van der Waals surface area contributed by atoms with Gasteiger partial charge >= 0.3 is 0 Å². The predicted octanol–water partition coefficient (Wildman–Crippen LogP) is 8.43. The summed E-state index contributed by atoms with van der Waals surface area (Å²) in [7, 11) is 0. The standard InChI is InChI=1S/C30H29NS/c1-18(2)25-16-27(31(6)17-21(25)5)28-19(3)12-13-24-26-15-23(22-10-8-7-9-11-22)14-20(4)29(26)32-30(24)28/h7-18H,6H2,1-5H3. The highest BCUT2D eigenvalue weighted by Gasteiger charge is 2.25. The van der Waals surface area contributed by atoms with Crippen molar-refractivity contribution in [3.8, 4) is 11.1 Å². The van der Waals surface area contributed by atoms with E-state index in [1.165, 1.54) is 65.2 Å². The van der Waals surface area contributed by atoms with Crippen molar-refractivity contribution in [2.75, 3.05) is 0 Å². The molecule has 5 rings (SSSR count). The number of hydrogen-bond acceptors (Lipinski definition) is 0. The van der Waals surface area contributed by atoms with Crippen LogP contribution in [0.3, 0.4) is 0 Å². The highest BCUT2D eigenvalue weighted by Crippen LogP contribution is 2.44. The predicted molar refractivity (Wildman–Crippen MR) is 141 cm³/mol. The number of thiophene rings is 1. The molecule has 0 bridgehead atoms. The van der Waals surface area contributed by atoms with E-state index in [9.17, 15) is 0 Å². The summed E-state index contributed by atoms with van der Waals surface area (Å²) >= 11 is 1.91. The molecule has 0 unspecified atom stereocenters. The van der Waals surface area contributed by atoms with Gasteiger partial charge in [-0.2, -0.15) is 0 Å². The van der Waals surface area contributed by atoms with E-state index in [-0.39, 0.29) is 0 Å². The molecule has 2 heteroatoms. The zero-order valence-corrected chi connectivity index (χ0v) is 20.3. The van der Waals surface area contributed by atoms with Crippen LogP contribution in [-0.2, 0) is 0 Å². The Kier molecular flexibility index (Phi) is 5.06. The summed E-state index contributed by atoms with van der Waals surface area (Å²) in [5, 5.41) is 2.68. The first-order valence-corrected chi connectivity index (χ1v) is 12.1. The largest absolute Gasteiger partial charge is 0.336 e. The lowest BCUT2D eigenvalue weighted by atomic mass is 9.88. The molecule has 0 radical (unpaired) electrons. The molecule has 0 aliphatic carbocycles. The first kappa shape index (κ1) is 20.8. The molecule has 0 saturated carbocycles. The van der Waals surface area contributed by atoms with Crippen molar-refractivity contribution in [1.82, 2.24) is 0 Å². The third kappa shape index (κ3) is 3.30. The van der Waals surface area contributed by atoms with Crippen molar-refractivity contribution in [2.24, 2.45) is 5.92 Å². The molecule has 1 aliphatic rings. The minimum Gasteiger partial charge on any atom is -0.336 e. The van der Waals surface area contributed by atoms with E-state index in [2.05, 4.69) is 113 Å². The Morgan fingerprint density at radius 3 is 2.38 bits per heavy atom. The second-order valence-corrected chi connectivity index (χ2v) is 10.2. The Morgan fingerprint density at radius 2 is 1.66 bits per heavy atom. The van der Waals surface area contributed by atoms with Gasteiger partial charge in [0.15, 0.2) is 11.3 Å². The van der Waals surface area contributed by atoms with Crippen molar-refractivity contribution in [1.29, 1.82) is 0 Å². The minimum atomic E-state index is 0.479. The van der Waals surface area contributed by atoms with Crippen molar-refractivity contribution in [2.45, 2.75) is 34.6 Å². The number of rotatable bonds is 3. The number of fused-ring (bicyclic) bond motifs is 3. The lowest BCUT2D eigenvalue weighted by Crippen LogP contribution is -2.19. The molecule has 2 heterocycles. The van der Waals surface area contributed by atoms with Gasteiger partial charge in [-0.05, 0) is 35.6 Å². The number of aryl methyl sites for hydroxylation is 2. The normalized spacial score (nSPS) is 14.4. The van der Waals surface area contributed by atoms with Crippen LogP contribution in [0.1, 0.15) is 37.5 Å². The third-order valence-corrected chi connectivity index (χ3v) is 7.90. The highest BCUT2D eigenvalue weighted by atomic mass is 32.1. The van der Waals surface area contributed by atoms with Crippen LogP contribution in [0.4, 0.5) is 0 Å². The van der Waals surface area contributed by atoms with Crippen LogP contribution in [0.25, 0.3) is 31.3 Å². The van der Waals surface area contributed by atoms with Gasteiger partial charge in [-0.3, -0.25) is 0 Å². The van der Waals surface area contributed by atoms with Crippen LogP contribution in [-0.4, -0.2) is 11.3 Å². The number of allylic oxidation sites excluding steroid dienone is 2. The van der Waals surface area contributed by atoms with Gasteiger partial charge in [0.05, 0.1) is 12.2 Å². The topological polar surface area (TPSA) is 3.01 Å². The van der Waals surface area contributed by atoms with Gasteiger partial charge in [0, 0.05) is 17.7 Å². The molecule has 4 aromatic rings. The number of benzene rings is 3. The van der Waals surface area contributed by atoms with Gasteiger partial charge in [0.25, 0.3) is 0 Å².